The SMILES string of the molecule is Cc1nc(C2(O)CNCCO2)cs1. The minimum atomic E-state index is -1.22. The number of aliphatic hydroxyl groups is 1. The van der Waals surface area contributed by atoms with Gasteiger partial charge in [-0.3, -0.25) is 0 Å². The molecule has 1 aromatic rings. The van der Waals surface area contributed by atoms with Crippen LogP contribution in [0, 0.1) is 6.92 Å². The van der Waals surface area contributed by atoms with Gasteiger partial charge in [-0.25, -0.2) is 4.98 Å². The number of ether oxygens (including phenoxy) is 1. The van der Waals surface area contributed by atoms with Gasteiger partial charge >= 0.3 is 0 Å². The average molecular weight is 200 g/mol. The first-order valence-corrected chi connectivity index (χ1v) is 5.08. The number of aromatic nitrogens is 1. The van der Waals surface area contributed by atoms with Crippen molar-refractivity contribution < 1.29 is 9.84 Å². The maximum Gasteiger partial charge on any atom is 0.223 e. The third kappa shape index (κ3) is 1.73. The molecule has 4 nitrogen and oxygen atoms in total. The predicted octanol–water partition coefficient (Wildman–Crippen LogP) is 0.216. The van der Waals surface area contributed by atoms with E-state index < -0.39 is 5.79 Å². The van der Waals surface area contributed by atoms with Crippen molar-refractivity contribution >= 4 is 11.3 Å². The molecule has 0 bridgehead atoms. The average Bonchev–Trinajstić information content (AvgIpc) is 2.54. The molecule has 2 N–H and O–H groups in total. The van der Waals surface area contributed by atoms with Gasteiger partial charge in [0.05, 0.1) is 18.2 Å². The summed E-state index contributed by atoms with van der Waals surface area (Å²) in [5, 5.41) is 15.9. The van der Waals surface area contributed by atoms with Gasteiger partial charge in [0.1, 0.15) is 5.69 Å². The Labute approximate surface area is 80.6 Å². The zero-order chi connectivity index (χ0) is 9.31. The van der Waals surface area contributed by atoms with Gasteiger partial charge in [0.25, 0.3) is 0 Å². The van der Waals surface area contributed by atoms with Crippen molar-refractivity contribution in [2.45, 2.75) is 12.7 Å². The lowest BCUT2D eigenvalue weighted by Gasteiger charge is -2.31. The highest BCUT2D eigenvalue weighted by Gasteiger charge is 2.34. The summed E-state index contributed by atoms with van der Waals surface area (Å²) in [5.41, 5.74) is 0.613. The van der Waals surface area contributed by atoms with Crippen LogP contribution in [0.2, 0.25) is 0 Å². The third-order valence-electron chi connectivity index (χ3n) is 2.00. The molecular formula is C8H12N2O2S. The van der Waals surface area contributed by atoms with Crippen LogP contribution in [0.25, 0.3) is 0 Å². The van der Waals surface area contributed by atoms with Crippen LogP contribution in [-0.2, 0) is 10.5 Å². The number of hydrogen-bond acceptors (Lipinski definition) is 5. The van der Waals surface area contributed by atoms with Gasteiger partial charge in [0, 0.05) is 11.9 Å². The molecule has 1 aliphatic rings. The Morgan fingerprint density at radius 2 is 2.62 bits per heavy atom. The zero-order valence-electron chi connectivity index (χ0n) is 7.41. The van der Waals surface area contributed by atoms with Crippen LogP contribution < -0.4 is 5.32 Å². The highest BCUT2D eigenvalue weighted by atomic mass is 32.1. The third-order valence-corrected chi connectivity index (χ3v) is 2.78. The first-order chi connectivity index (χ1) is 6.21. The predicted molar refractivity (Wildman–Crippen MR) is 49.6 cm³/mol. The standard InChI is InChI=1S/C8H12N2O2S/c1-6-10-7(4-13-6)8(11)5-9-2-3-12-8/h4,9,11H,2-3,5H2,1H3. The zero-order valence-corrected chi connectivity index (χ0v) is 8.23. The van der Waals surface area contributed by atoms with Crippen molar-refractivity contribution in [3.8, 4) is 0 Å². The normalized spacial score (nSPS) is 29.1. The Balaban J connectivity index is 2.22. The second kappa shape index (κ2) is 3.34. The van der Waals surface area contributed by atoms with Gasteiger partial charge in [-0.15, -0.1) is 11.3 Å². The van der Waals surface area contributed by atoms with Crippen LogP contribution in [0.1, 0.15) is 10.7 Å². The summed E-state index contributed by atoms with van der Waals surface area (Å²) in [6.45, 7) is 3.63. The molecule has 1 unspecified atom stereocenters. The molecule has 0 amide bonds. The van der Waals surface area contributed by atoms with Crippen molar-refractivity contribution in [1.29, 1.82) is 0 Å². The Bertz CT molecular complexity index is 294. The second-order valence-electron chi connectivity index (χ2n) is 3.06. The molecule has 5 heteroatoms. The lowest BCUT2D eigenvalue weighted by Crippen LogP contribution is -2.47. The van der Waals surface area contributed by atoms with Crippen molar-refractivity contribution in [1.82, 2.24) is 10.3 Å². The van der Waals surface area contributed by atoms with Crippen LogP contribution in [0.4, 0.5) is 0 Å². The number of rotatable bonds is 1. The Kier molecular flexibility index (Phi) is 2.33. The monoisotopic (exact) mass is 200 g/mol. The van der Waals surface area contributed by atoms with Gasteiger partial charge in [0.2, 0.25) is 5.79 Å². The lowest BCUT2D eigenvalue weighted by atomic mass is 10.2. The molecule has 72 valence electrons. The van der Waals surface area contributed by atoms with Crippen molar-refractivity contribution in [2.24, 2.45) is 0 Å². The summed E-state index contributed by atoms with van der Waals surface area (Å²) < 4.78 is 5.30. The van der Waals surface area contributed by atoms with Crippen molar-refractivity contribution in [2.75, 3.05) is 19.7 Å². The maximum atomic E-state index is 10.0. The Morgan fingerprint density at radius 1 is 1.77 bits per heavy atom. The van der Waals surface area contributed by atoms with E-state index in [0.717, 1.165) is 11.6 Å². The first-order valence-electron chi connectivity index (χ1n) is 4.20. The molecule has 13 heavy (non-hydrogen) atoms. The summed E-state index contributed by atoms with van der Waals surface area (Å²) in [6.07, 6.45) is 0. The molecule has 1 atom stereocenters. The molecule has 0 spiro atoms. The number of β-amino-alcohol motifs (C(OH)–C–C–N with tert-alkyl or cyclic N) is 1. The number of morpholine rings is 1. The molecule has 1 aromatic heterocycles. The number of nitrogens with zero attached hydrogens (tertiary/aromatic N) is 1. The molecule has 0 aliphatic carbocycles. The molecule has 1 fully saturated rings. The smallest absolute Gasteiger partial charge is 0.223 e. The fourth-order valence-corrected chi connectivity index (χ4v) is 1.98. The summed E-state index contributed by atoms with van der Waals surface area (Å²) >= 11 is 1.52. The van der Waals surface area contributed by atoms with E-state index in [0.29, 0.717) is 18.8 Å². The molecule has 0 radical (unpaired) electrons. The first kappa shape index (κ1) is 9.08. The van der Waals surface area contributed by atoms with E-state index in [4.69, 9.17) is 4.74 Å². The highest BCUT2D eigenvalue weighted by Crippen LogP contribution is 2.24. The topological polar surface area (TPSA) is 54.4 Å². The van der Waals surface area contributed by atoms with Crippen LogP contribution in [-0.4, -0.2) is 29.8 Å². The van der Waals surface area contributed by atoms with E-state index in [2.05, 4.69) is 10.3 Å². The van der Waals surface area contributed by atoms with E-state index in [1.54, 1.807) is 0 Å². The van der Waals surface area contributed by atoms with Gasteiger partial charge in [-0.05, 0) is 6.92 Å². The number of thiazole rings is 1. The molecule has 0 saturated carbocycles. The summed E-state index contributed by atoms with van der Waals surface area (Å²) in [7, 11) is 0. The number of hydrogen-bond donors (Lipinski definition) is 2. The summed E-state index contributed by atoms with van der Waals surface area (Å²) in [6, 6.07) is 0. The van der Waals surface area contributed by atoms with E-state index >= 15 is 0 Å². The van der Waals surface area contributed by atoms with Crippen LogP contribution >= 0.6 is 11.3 Å². The van der Waals surface area contributed by atoms with Crippen LogP contribution in [0.3, 0.4) is 0 Å². The minimum absolute atomic E-state index is 0.413. The van der Waals surface area contributed by atoms with Crippen LogP contribution in [0.5, 0.6) is 0 Å². The quantitative estimate of drug-likeness (QED) is 0.680. The Morgan fingerprint density at radius 3 is 3.15 bits per heavy atom. The van der Waals surface area contributed by atoms with E-state index in [9.17, 15) is 5.11 Å². The molecule has 1 aliphatic heterocycles. The van der Waals surface area contributed by atoms with Gasteiger partial charge in [-0.2, -0.15) is 0 Å². The maximum absolute atomic E-state index is 10.0. The molecule has 0 aromatic carbocycles. The fraction of sp³-hybridized carbons (Fsp3) is 0.625. The lowest BCUT2D eigenvalue weighted by molar-refractivity contribution is -0.225. The second-order valence-corrected chi connectivity index (χ2v) is 4.12. The van der Waals surface area contributed by atoms with E-state index in [1.165, 1.54) is 11.3 Å². The molecule has 2 rings (SSSR count). The molecule has 1 saturated heterocycles. The summed E-state index contributed by atoms with van der Waals surface area (Å²) in [5.74, 6) is -1.22. The molecular weight excluding hydrogens is 188 g/mol. The van der Waals surface area contributed by atoms with Gasteiger partial charge < -0.3 is 15.2 Å². The summed E-state index contributed by atoms with van der Waals surface area (Å²) in [4.78, 5) is 4.21. The van der Waals surface area contributed by atoms with Crippen molar-refractivity contribution in [3.05, 3.63) is 16.1 Å². The number of aryl methyl sites for hydroxylation is 1. The number of nitrogens with one attached hydrogen (secondary N) is 1. The Hall–Kier alpha value is -0.490. The molecule has 2 heterocycles. The fourth-order valence-electron chi connectivity index (χ4n) is 1.31. The largest absolute Gasteiger partial charge is 0.360 e. The van der Waals surface area contributed by atoms with Crippen LogP contribution in [0.15, 0.2) is 5.38 Å². The van der Waals surface area contributed by atoms with E-state index in [-0.39, 0.29) is 0 Å². The van der Waals surface area contributed by atoms with Crippen molar-refractivity contribution in [3.63, 3.8) is 0 Å². The minimum Gasteiger partial charge on any atom is -0.360 e. The van der Waals surface area contributed by atoms with E-state index in [1.807, 2.05) is 12.3 Å². The van der Waals surface area contributed by atoms with Gasteiger partial charge in [-0.1, -0.05) is 0 Å². The van der Waals surface area contributed by atoms with Gasteiger partial charge in [0.15, 0.2) is 0 Å². The highest BCUT2D eigenvalue weighted by molar-refractivity contribution is 7.09.